The number of rotatable bonds is 10. The minimum Gasteiger partial charge on any atom is -0.496 e. The van der Waals surface area contributed by atoms with Crippen LogP contribution in [-0.2, 0) is 37.5 Å². The molecule has 5 rings (SSSR count). The van der Waals surface area contributed by atoms with Crippen molar-refractivity contribution in [1.29, 1.82) is 0 Å². The molecule has 1 atom stereocenters. The number of fused-ring (bicyclic) bond motifs is 1. The van der Waals surface area contributed by atoms with Crippen LogP contribution in [0.15, 0.2) is 58.8 Å². The summed E-state index contributed by atoms with van der Waals surface area (Å²) in [5.74, 6) is -2.89. The molecule has 0 saturated carbocycles. The number of methoxy groups -OCH3 is 1. The van der Waals surface area contributed by atoms with Gasteiger partial charge in [-0.3, -0.25) is 14.2 Å². The molecule has 2 N–H and O–H groups in total. The first-order valence-corrected chi connectivity index (χ1v) is 16.2. The highest BCUT2D eigenvalue weighted by Crippen LogP contribution is 2.35. The van der Waals surface area contributed by atoms with E-state index in [-0.39, 0.29) is 29.0 Å². The van der Waals surface area contributed by atoms with E-state index in [2.05, 4.69) is 20.0 Å². The van der Waals surface area contributed by atoms with E-state index < -0.39 is 34.6 Å². The Morgan fingerprint density at radius 1 is 1.18 bits per heavy atom. The number of sulfonamides is 1. The number of amides is 1. The van der Waals surface area contributed by atoms with Crippen LogP contribution in [0.4, 0.5) is 19.0 Å². The number of ether oxygens (including phenoxy) is 1. The Labute approximate surface area is 264 Å². The molecule has 17 heteroatoms. The molecular formula is C28H27ClF3N5O6S2. The van der Waals surface area contributed by atoms with E-state index in [1.165, 1.54) is 23.9 Å². The average Bonchev–Trinajstić information content (AvgIpc) is 3.74. The molecule has 0 aliphatic carbocycles. The van der Waals surface area contributed by atoms with Crippen molar-refractivity contribution in [3.8, 4) is 5.75 Å². The Morgan fingerprint density at radius 3 is 2.60 bits per heavy atom. The van der Waals surface area contributed by atoms with Gasteiger partial charge in [0.1, 0.15) is 9.96 Å². The van der Waals surface area contributed by atoms with Crippen molar-refractivity contribution in [2.24, 2.45) is 0 Å². The van der Waals surface area contributed by atoms with Crippen LogP contribution in [0.1, 0.15) is 30.4 Å². The fourth-order valence-corrected chi connectivity index (χ4v) is 7.40. The van der Waals surface area contributed by atoms with Gasteiger partial charge in [0.15, 0.2) is 5.82 Å². The first-order chi connectivity index (χ1) is 21.3. The van der Waals surface area contributed by atoms with Crippen molar-refractivity contribution < 1.29 is 40.8 Å². The van der Waals surface area contributed by atoms with Gasteiger partial charge in [-0.25, -0.2) is 13.2 Å². The minimum atomic E-state index is -5.29. The van der Waals surface area contributed by atoms with Gasteiger partial charge < -0.3 is 14.9 Å². The number of benzene rings is 2. The molecule has 11 nitrogen and oxygen atoms in total. The standard InChI is InChI=1S/C28H27ClF3N5O6S2/c1-42-21-9-3-8-20-25(21)26(35-45(40,41)24-11-10-22(29)44-24)34-36(20)15-17-5-2-6-18(13-17)16-37(43-27(39)28(30,31)32)23(38)14-19-7-4-12-33-19/h2-3,5-6,8-11,13,19,33H,4,7,12,14-16H2,1H3,(H,34,35). The molecule has 1 aliphatic heterocycles. The fourth-order valence-electron chi connectivity index (χ4n) is 4.91. The smallest absolute Gasteiger partial charge is 0.493 e. The van der Waals surface area contributed by atoms with Gasteiger partial charge in [-0.05, 0) is 54.8 Å². The van der Waals surface area contributed by atoms with Gasteiger partial charge in [0.2, 0.25) is 0 Å². The number of nitrogens with zero attached hydrogens (tertiary/aromatic N) is 3. The second-order valence-corrected chi connectivity index (χ2v) is 13.8. The summed E-state index contributed by atoms with van der Waals surface area (Å²) in [6.45, 7) is 0.359. The van der Waals surface area contributed by atoms with Crippen molar-refractivity contribution in [1.82, 2.24) is 20.2 Å². The molecule has 3 heterocycles. The molecule has 2 aromatic heterocycles. The summed E-state index contributed by atoms with van der Waals surface area (Å²) in [5.41, 5.74) is 1.53. The first-order valence-electron chi connectivity index (χ1n) is 13.6. The van der Waals surface area contributed by atoms with E-state index >= 15 is 0 Å². The summed E-state index contributed by atoms with van der Waals surface area (Å²) >= 11 is 6.82. The van der Waals surface area contributed by atoms with E-state index in [1.54, 1.807) is 42.5 Å². The average molecular weight is 686 g/mol. The summed E-state index contributed by atoms with van der Waals surface area (Å²) < 4.78 is 75.0. The molecule has 1 saturated heterocycles. The normalized spacial score (nSPS) is 15.3. The van der Waals surface area contributed by atoms with Crippen molar-refractivity contribution >= 4 is 61.6 Å². The predicted molar refractivity (Wildman–Crippen MR) is 160 cm³/mol. The minimum absolute atomic E-state index is 0.00756. The molecule has 45 heavy (non-hydrogen) atoms. The van der Waals surface area contributed by atoms with Crippen molar-refractivity contribution in [2.75, 3.05) is 18.4 Å². The molecule has 0 spiro atoms. The second-order valence-electron chi connectivity index (χ2n) is 10.1. The largest absolute Gasteiger partial charge is 0.496 e. The lowest BCUT2D eigenvalue weighted by atomic mass is 10.1. The van der Waals surface area contributed by atoms with Crippen LogP contribution in [0.3, 0.4) is 0 Å². The maximum absolute atomic E-state index is 13.1. The van der Waals surface area contributed by atoms with Crippen LogP contribution in [-0.4, -0.2) is 61.0 Å². The molecule has 0 radical (unpaired) electrons. The SMILES string of the molecule is COc1cccc2c1c(NS(=O)(=O)c1ccc(Cl)s1)nn2Cc1cccc(CN(OC(=O)C(F)(F)F)C(=O)CC2CCCN2)c1. The van der Waals surface area contributed by atoms with Crippen LogP contribution in [0.2, 0.25) is 4.34 Å². The molecule has 1 unspecified atom stereocenters. The summed E-state index contributed by atoms with van der Waals surface area (Å²) in [4.78, 5) is 29.1. The van der Waals surface area contributed by atoms with Crippen LogP contribution < -0.4 is 14.8 Å². The van der Waals surface area contributed by atoms with Gasteiger partial charge in [-0.2, -0.15) is 23.3 Å². The maximum atomic E-state index is 13.1. The Bertz CT molecular complexity index is 1820. The summed E-state index contributed by atoms with van der Waals surface area (Å²) in [6.07, 6.45) is -3.93. The Morgan fingerprint density at radius 2 is 1.93 bits per heavy atom. The number of anilines is 1. The van der Waals surface area contributed by atoms with Crippen molar-refractivity contribution in [3.05, 3.63) is 70.1 Å². The zero-order chi connectivity index (χ0) is 32.4. The van der Waals surface area contributed by atoms with E-state index in [0.717, 1.165) is 17.8 Å². The van der Waals surface area contributed by atoms with Gasteiger partial charge in [-0.1, -0.05) is 41.9 Å². The van der Waals surface area contributed by atoms with E-state index in [9.17, 15) is 31.2 Å². The molecule has 1 fully saturated rings. The number of hydroxylamine groups is 2. The molecule has 240 valence electrons. The van der Waals surface area contributed by atoms with Gasteiger partial charge in [-0.15, -0.1) is 11.3 Å². The number of hydrogen-bond acceptors (Lipinski definition) is 9. The first kappa shape index (κ1) is 32.5. The van der Waals surface area contributed by atoms with Gasteiger partial charge in [0.25, 0.3) is 15.9 Å². The maximum Gasteiger partial charge on any atom is 0.493 e. The Balaban J connectivity index is 1.42. The highest BCUT2D eigenvalue weighted by Gasteiger charge is 2.43. The molecule has 2 aromatic carbocycles. The number of carbonyl (C=O) groups is 2. The lowest BCUT2D eigenvalue weighted by Gasteiger charge is -2.23. The van der Waals surface area contributed by atoms with Crippen molar-refractivity contribution in [2.45, 2.75) is 48.8 Å². The predicted octanol–water partition coefficient (Wildman–Crippen LogP) is 5.10. The molecule has 1 amide bonds. The highest BCUT2D eigenvalue weighted by atomic mass is 35.5. The number of aromatic nitrogens is 2. The van der Waals surface area contributed by atoms with Crippen LogP contribution in [0.25, 0.3) is 10.9 Å². The molecular weight excluding hydrogens is 659 g/mol. The summed E-state index contributed by atoms with van der Waals surface area (Å²) in [7, 11) is -2.60. The molecule has 0 bridgehead atoms. The summed E-state index contributed by atoms with van der Waals surface area (Å²) in [6, 6.07) is 14.3. The topological polar surface area (TPSA) is 132 Å². The number of alkyl halides is 3. The third-order valence-corrected chi connectivity index (χ3v) is 10.0. The van der Waals surface area contributed by atoms with E-state index in [1.807, 2.05) is 0 Å². The van der Waals surface area contributed by atoms with Gasteiger partial charge in [0.05, 0.1) is 35.4 Å². The fraction of sp³-hybridized carbons (Fsp3) is 0.321. The van der Waals surface area contributed by atoms with Crippen LogP contribution in [0, 0.1) is 0 Å². The van der Waals surface area contributed by atoms with Crippen LogP contribution in [0.5, 0.6) is 5.75 Å². The number of thiophene rings is 1. The summed E-state index contributed by atoms with van der Waals surface area (Å²) in [5, 5.41) is 8.44. The lowest BCUT2D eigenvalue weighted by Crippen LogP contribution is -2.40. The number of hydrogen-bond donors (Lipinski definition) is 2. The second kappa shape index (κ2) is 13.2. The van der Waals surface area contributed by atoms with Gasteiger partial charge in [0, 0.05) is 12.5 Å². The van der Waals surface area contributed by atoms with Crippen LogP contribution >= 0.6 is 22.9 Å². The van der Waals surface area contributed by atoms with Crippen molar-refractivity contribution in [3.63, 3.8) is 0 Å². The third kappa shape index (κ3) is 7.69. The quantitative estimate of drug-likeness (QED) is 0.221. The van der Waals surface area contributed by atoms with Gasteiger partial charge >= 0.3 is 12.1 Å². The van der Waals surface area contributed by atoms with E-state index in [4.69, 9.17) is 16.3 Å². The zero-order valence-electron chi connectivity index (χ0n) is 23.6. The monoisotopic (exact) mass is 685 g/mol. The molecule has 4 aromatic rings. The number of carbonyl (C=O) groups excluding carboxylic acids is 2. The Kier molecular flexibility index (Phi) is 9.57. The molecule has 1 aliphatic rings. The number of nitrogens with one attached hydrogen (secondary N) is 2. The lowest BCUT2D eigenvalue weighted by molar-refractivity contribution is -0.239. The third-order valence-electron chi connectivity index (χ3n) is 6.94. The number of halogens is 4. The highest BCUT2D eigenvalue weighted by molar-refractivity contribution is 7.94. The van der Waals surface area contributed by atoms with E-state index in [0.29, 0.717) is 50.1 Å². The Hall–Kier alpha value is -3.86. The zero-order valence-corrected chi connectivity index (χ0v) is 26.0.